The van der Waals surface area contributed by atoms with Crippen molar-refractivity contribution in [3.05, 3.63) is 62.7 Å². The average Bonchev–Trinajstić information content (AvgIpc) is 2.54. The lowest BCUT2D eigenvalue weighted by molar-refractivity contribution is -0.422. The first kappa shape index (κ1) is 17.1. The molecule has 0 saturated heterocycles. The summed E-state index contributed by atoms with van der Waals surface area (Å²) in [6.07, 6.45) is 0. The van der Waals surface area contributed by atoms with Crippen LogP contribution in [0.3, 0.4) is 0 Å². The van der Waals surface area contributed by atoms with Crippen LogP contribution in [0.4, 0.5) is 17.1 Å². The summed E-state index contributed by atoms with van der Waals surface area (Å²) < 4.78 is 31.7. The lowest BCUT2D eigenvalue weighted by Gasteiger charge is -2.08. The molecular formula is C13H11N3O7S. The van der Waals surface area contributed by atoms with Crippen molar-refractivity contribution in [1.82, 2.24) is 0 Å². The number of benzene rings is 2. The van der Waals surface area contributed by atoms with E-state index in [-0.39, 0.29) is 5.69 Å². The topological polar surface area (TPSA) is 142 Å². The molecular weight excluding hydrogens is 342 g/mol. The standard InChI is InChI=1S/C13H11N3O7S/c1-23-10-4-2-9(3-5-10)14-24(21,22)11-6-7-12(15(17)18)13(8-11)16(19)20/h2-8,14H,1H3. The SMILES string of the molecule is COc1ccc(NS(=O)(=O)c2ccc([N+](=O)[O-])c([N+](=O)[O-])c2)cc1. The van der Waals surface area contributed by atoms with Crippen LogP contribution in [0.2, 0.25) is 0 Å². The van der Waals surface area contributed by atoms with E-state index in [1.165, 1.54) is 31.4 Å². The smallest absolute Gasteiger partial charge is 0.347 e. The summed E-state index contributed by atoms with van der Waals surface area (Å²) in [5.41, 5.74) is -1.49. The van der Waals surface area contributed by atoms with E-state index >= 15 is 0 Å². The van der Waals surface area contributed by atoms with E-state index in [1.807, 2.05) is 0 Å². The number of hydrogen-bond donors (Lipinski definition) is 1. The minimum atomic E-state index is -4.15. The molecule has 1 N–H and O–H groups in total. The molecule has 0 amide bonds. The quantitative estimate of drug-likeness (QED) is 0.620. The van der Waals surface area contributed by atoms with Crippen LogP contribution >= 0.6 is 0 Å². The molecule has 0 radical (unpaired) electrons. The highest BCUT2D eigenvalue weighted by molar-refractivity contribution is 7.92. The summed E-state index contributed by atoms with van der Waals surface area (Å²) in [4.78, 5) is 19.2. The van der Waals surface area contributed by atoms with Crippen LogP contribution in [-0.2, 0) is 10.0 Å². The summed E-state index contributed by atoms with van der Waals surface area (Å²) >= 11 is 0. The largest absolute Gasteiger partial charge is 0.497 e. The van der Waals surface area contributed by atoms with Crippen LogP contribution in [0.15, 0.2) is 47.4 Å². The molecule has 2 aromatic carbocycles. The molecule has 0 spiro atoms. The summed E-state index contributed by atoms with van der Waals surface area (Å²) in [6.45, 7) is 0. The molecule has 10 nitrogen and oxygen atoms in total. The third-order valence-corrected chi connectivity index (χ3v) is 4.37. The Morgan fingerprint density at radius 2 is 1.54 bits per heavy atom. The summed E-state index contributed by atoms with van der Waals surface area (Å²) in [6, 6.07) is 8.28. The summed E-state index contributed by atoms with van der Waals surface area (Å²) in [5, 5.41) is 21.7. The van der Waals surface area contributed by atoms with Crippen LogP contribution in [0, 0.1) is 20.2 Å². The molecule has 0 heterocycles. The zero-order chi connectivity index (χ0) is 17.9. The predicted octanol–water partition coefficient (Wildman–Crippen LogP) is 2.31. The Morgan fingerprint density at radius 1 is 0.958 bits per heavy atom. The van der Waals surface area contributed by atoms with E-state index in [0.717, 1.165) is 12.1 Å². The van der Waals surface area contributed by atoms with Gasteiger partial charge in [-0.05, 0) is 30.3 Å². The molecule has 11 heteroatoms. The Hall–Kier alpha value is -3.21. The average molecular weight is 353 g/mol. The van der Waals surface area contributed by atoms with Crippen molar-refractivity contribution in [2.45, 2.75) is 4.90 Å². The third-order valence-electron chi connectivity index (χ3n) is 2.99. The fourth-order valence-electron chi connectivity index (χ4n) is 1.84. The number of sulfonamides is 1. The van der Waals surface area contributed by atoms with E-state index in [2.05, 4.69) is 4.72 Å². The second-order valence-electron chi connectivity index (χ2n) is 4.50. The van der Waals surface area contributed by atoms with E-state index < -0.39 is 36.1 Å². The molecule has 0 aliphatic rings. The van der Waals surface area contributed by atoms with Gasteiger partial charge in [0, 0.05) is 17.8 Å². The monoisotopic (exact) mass is 353 g/mol. The van der Waals surface area contributed by atoms with Gasteiger partial charge in [0.2, 0.25) is 0 Å². The first-order chi connectivity index (χ1) is 11.2. The molecule has 0 aliphatic carbocycles. The molecule has 0 saturated carbocycles. The Labute approximate surface area is 136 Å². The van der Waals surface area contributed by atoms with Gasteiger partial charge in [0.05, 0.1) is 21.9 Å². The van der Waals surface area contributed by atoms with Gasteiger partial charge in [-0.25, -0.2) is 8.42 Å². The Balaban J connectivity index is 2.39. The van der Waals surface area contributed by atoms with Crippen molar-refractivity contribution >= 4 is 27.1 Å². The second kappa shape index (κ2) is 6.50. The van der Waals surface area contributed by atoms with E-state index in [9.17, 15) is 28.6 Å². The van der Waals surface area contributed by atoms with Gasteiger partial charge >= 0.3 is 11.4 Å². The van der Waals surface area contributed by atoms with Crippen LogP contribution in [0.25, 0.3) is 0 Å². The first-order valence-corrected chi connectivity index (χ1v) is 7.82. The van der Waals surface area contributed by atoms with E-state index in [0.29, 0.717) is 11.8 Å². The lowest BCUT2D eigenvalue weighted by Crippen LogP contribution is -2.13. The van der Waals surface area contributed by atoms with E-state index in [1.54, 1.807) is 0 Å². The zero-order valence-electron chi connectivity index (χ0n) is 12.2. The number of nitro benzene ring substituents is 2. The van der Waals surface area contributed by atoms with Crippen molar-refractivity contribution in [2.75, 3.05) is 11.8 Å². The maximum absolute atomic E-state index is 12.3. The van der Waals surface area contributed by atoms with Gasteiger partial charge in [-0.1, -0.05) is 0 Å². The second-order valence-corrected chi connectivity index (χ2v) is 6.18. The number of hydrogen-bond acceptors (Lipinski definition) is 7. The van der Waals surface area contributed by atoms with Crippen molar-refractivity contribution in [3.63, 3.8) is 0 Å². The minimum Gasteiger partial charge on any atom is -0.497 e. The van der Waals surface area contributed by atoms with Crippen molar-refractivity contribution in [2.24, 2.45) is 0 Å². The third kappa shape index (κ3) is 3.57. The number of nitrogens with zero attached hydrogens (tertiary/aromatic N) is 2. The minimum absolute atomic E-state index is 0.205. The van der Waals surface area contributed by atoms with Crippen LogP contribution in [0.5, 0.6) is 5.75 Å². The number of ether oxygens (including phenoxy) is 1. The van der Waals surface area contributed by atoms with Gasteiger partial charge < -0.3 is 4.74 Å². The van der Waals surface area contributed by atoms with Crippen molar-refractivity contribution in [3.8, 4) is 5.75 Å². The molecule has 0 unspecified atom stereocenters. The fourth-order valence-corrected chi connectivity index (χ4v) is 2.92. The van der Waals surface area contributed by atoms with Gasteiger partial charge in [0.25, 0.3) is 10.0 Å². The first-order valence-electron chi connectivity index (χ1n) is 6.34. The highest BCUT2D eigenvalue weighted by Crippen LogP contribution is 2.30. The van der Waals surface area contributed by atoms with E-state index in [4.69, 9.17) is 4.74 Å². The Bertz CT molecular complexity index is 894. The molecule has 126 valence electrons. The van der Waals surface area contributed by atoms with Gasteiger partial charge in [0.15, 0.2) is 0 Å². The Kier molecular flexibility index (Phi) is 4.64. The van der Waals surface area contributed by atoms with Gasteiger partial charge in [-0.15, -0.1) is 0 Å². The maximum Gasteiger partial charge on any atom is 0.347 e. The van der Waals surface area contributed by atoms with Gasteiger partial charge in [0.1, 0.15) is 5.75 Å². The van der Waals surface area contributed by atoms with Gasteiger partial charge in [-0.2, -0.15) is 0 Å². The molecule has 2 rings (SSSR count). The fraction of sp³-hybridized carbons (Fsp3) is 0.0769. The van der Waals surface area contributed by atoms with Crippen LogP contribution in [-0.4, -0.2) is 25.4 Å². The Morgan fingerprint density at radius 3 is 2.04 bits per heavy atom. The molecule has 0 fully saturated rings. The molecule has 0 atom stereocenters. The number of methoxy groups -OCH3 is 1. The molecule has 0 aliphatic heterocycles. The predicted molar refractivity (Wildman–Crippen MR) is 83.6 cm³/mol. The lowest BCUT2D eigenvalue weighted by atomic mass is 10.3. The molecule has 0 bridgehead atoms. The number of nitrogens with one attached hydrogen (secondary N) is 1. The van der Waals surface area contributed by atoms with Crippen LogP contribution in [0.1, 0.15) is 0 Å². The molecule has 0 aromatic heterocycles. The summed E-state index contributed by atoms with van der Waals surface area (Å²) in [7, 11) is -2.70. The van der Waals surface area contributed by atoms with Crippen molar-refractivity contribution in [1.29, 1.82) is 0 Å². The normalized spacial score (nSPS) is 10.9. The maximum atomic E-state index is 12.3. The zero-order valence-corrected chi connectivity index (χ0v) is 13.0. The molecule has 2 aromatic rings. The van der Waals surface area contributed by atoms with Crippen LogP contribution < -0.4 is 9.46 Å². The molecule has 24 heavy (non-hydrogen) atoms. The number of rotatable bonds is 6. The highest BCUT2D eigenvalue weighted by atomic mass is 32.2. The van der Waals surface area contributed by atoms with Gasteiger partial charge in [-0.3, -0.25) is 25.0 Å². The van der Waals surface area contributed by atoms with Crippen molar-refractivity contribution < 1.29 is 23.0 Å². The number of nitro groups is 2. The highest BCUT2D eigenvalue weighted by Gasteiger charge is 2.27. The number of anilines is 1. The summed E-state index contributed by atoms with van der Waals surface area (Å²) in [5.74, 6) is 0.518.